The van der Waals surface area contributed by atoms with Gasteiger partial charge in [-0.05, 0) is 31.0 Å². The predicted molar refractivity (Wildman–Crippen MR) is 70.9 cm³/mol. The van der Waals surface area contributed by atoms with Crippen LogP contribution in [0.1, 0.15) is 29.9 Å². The number of aryl methyl sites for hydroxylation is 1. The Morgan fingerprint density at radius 2 is 1.94 bits per heavy atom. The van der Waals surface area contributed by atoms with Crippen molar-refractivity contribution in [2.24, 2.45) is 0 Å². The second kappa shape index (κ2) is 5.59. The van der Waals surface area contributed by atoms with Crippen molar-refractivity contribution in [1.82, 2.24) is 19.9 Å². The summed E-state index contributed by atoms with van der Waals surface area (Å²) in [5.41, 5.74) is 2.64. The van der Waals surface area contributed by atoms with Crippen LogP contribution in [0.2, 0.25) is 10.4 Å². The van der Waals surface area contributed by atoms with Gasteiger partial charge < -0.3 is 0 Å². The number of halogens is 2. The Balaban J connectivity index is 2.15. The Morgan fingerprint density at radius 1 is 1.17 bits per heavy atom. The molecule has 6 heteroatoms. The van der Waals surface area contributed by atoms with E-state index in [2.05, 4.69) is 26.9 Å². The second-order valence-electron chi connectivity index (χ2n) is 4.14. The van der Waals surface area contributed by atoms with E-state index in [9.17, 15) is 0 Å². The maximum absolute atomic E-state index is 5.83. The summed E-state index contributed by atoms with van der Waals surface area (Å²) in [5.74, 6) is 0.195. The van der Waals surface area contributed by atoms with Gasteiger partial charge in [-0.2, -0.15) is 0 Å². The third-order valence-corrected chi connectivity index (χ3v) is 2.90. The zero-order valence-corrected chi connectivity index (χ0v) is 11.6. The second-order valence-corrected chi connectivity index (χ2v) is 4.86. The molecule has 0 N–H and O–H groups in total. The third kappa shape index (κ3) is 3.37. The summed E-state index contributed by atoms with van der Waals surface area (Å²) in [7, 11) is 0. The molecule has 1 unspecified atom stereocenters. The fourth-order valence-corrected chi connectivity index (χ4v) is 2.03. The molecule has 2 rings (SSSR count). The summed E-state index contributed by atoms with van der Waals surface area (Å²) in [6.45, 7) is 3.95. The van der Waals surface area contributed by atoms with Gasteiger partial charge in [0.15, 0.2) is 0 Å². The molecule has 2 heterocycles. The molecule has 0 radical (unpaired) electrons. The molecule has 0 saturated heterocycles. The maximum atomic E-state index is 5.83. The van der Waals surface area contributed by atoms with E-state index >= 15 is 0 Å². The number of aromatic nitrogens is 4. The first-order valence-corrected chi connectivity index (χ1v) is 6.27. The van der Waals surface area contributed by atoms with E-state index in [4.69, 9.17) is 23.2 Å². The van der Waals surface area contributed by atoms with Crippen LogP contribution in [0.15, 0.2) is 18.5 Å². The minimum atomic E-state index is 0.195. The molecule has 2 aromatic rings. The predicted octanol–water partition coefficient (Wildman–Crippen LogP) is 3.23. The molecule has 0 bridgehead atoms. The van der Waals surface area contributed by atoms with E-state index in [1.807, 2.05) is 13.0 Å². The lowest BCUT2D eigenvalue weighted by Gasteiger charge is -2.10. The summed E-state index contributed by atoms with van der Waals surface area (Å²) in [6.07, 6.45) is 3.97. The van der Waals surface area contributed by atoms with Crippen LogP contribution in [0.5, 0.6) is 0 Å². The molecule has 2 aromatic heterocycles. The van der Waals surface area contributed by atoms with Gasteiger partial charge in [0, 0.05) is 17.3 Å². The van der Waals surface area contributed by atoms with Gasteiger partial charge in [0.2, 0.25) is 5.28 Å². The summed E-state index contributed by atoms with van der Waals surface area (Å²) < 4.78 is 0. The zero-order chi connectivity index (χ0) is 13.1. The summed E-state index contributed by atoms with van der Waals surface area (Å²) in [5, 5.41) is 0.672. The van der Waals surface area contributed by atoms with Crippen molar-refractivity contribution in [3.63, 3.8) is 0 Å². The molecule has 0 aliphatic heterocycles. The Hall–Kier alpha value is -1.26. The van der Waals surface area contributed by atoms with E-state index < -0.39 is 0 Å². The minimum Gasteiger partial charge on any atom is -0.256 e. The molecular weight excluding hydrogens is 271 g/mol. The fraction of sp³-hybridized carbons (Fsp3) is 0.333. The molecule has 0 aliphatic carbocycles. The SMILES string of the molecule is Cc1cc(CC(C)c2cnc(Cl)cn2)nc(Cl)n1. The van der Waals surface area contributed by atoms with Crippen LogP contribution in [0, 0.1) is 6.92 Å². The molecule has 0 saturated carbocycles. The van der Waals surface area contributed by atoms with Gasteiger partial charge >= 0.3 is 0 Å². The standard InChI is InChI=1S/C12H12Cl2N4/c1-7(10-5-16-11(13)6-15-10)3-9-4-8(2)17-12(14)18-9/h4-7H,3H2,1-2H3. The van der Waals surface area contributed by atoms with Crippen molar-refractivity contribution < 1.29 is 0 Å². The highest BCUT2D eigenvalue weighted by molar-refractivity contribution is 6.29. The van der Waals surface area contributed by atoms with Crippen LogP contribution >= 0.6 is 23.2 Å². The van der Waals surface area contributed by atoms with E-state index in [0.717, 1.165) is 23.5 Å². The lowest BCUT2D eigenvalue weighted by molar-refractivity contribution is 0.706. The van der Waals surface area contributed by atoms with Crippen molar-refractivity contribution in [3.05, 3.63) is 46.0 Å². The molecule has 1 atom stereocenters. The van der Waals surface area contributed by atoms with E-state index in [-0.39, 0.29) is 11.2 Å². The topological polar surface area (TPSA) is 51.6 Å². The molecule has 0 fully saturated rings. The first kappa shape index (κ1) is 13.2. The number of hydrogen-bond donors (Lipinski definition) is 0. The van der Waals surface area contributed by atoms with Crippen molar-refractivity contribution in [1.29, 1.82) is 0 Å². The molecule has 18 heavy (non-hydrogen) atoms. The van der Waals surface area contributed by atoms with Crippen LogP contribution in [0.4, 0.5) is 0 Å². The Bertz CT molecular complexity index is 522. The molecule has 0 aliphatic rings. The van der Waals surface area contributed by atoms with Gasteiger partial charge in [0.1, 0.15) is 5.15 Å². The largest absolute Gasteiger partial charge is 0.256 e. The number of rotatable bonds is 3. The smallest absolute Gasteiger partial charge is 0.222 e. The molecule has 0 spiro atoms. The van der Waals surface area contributed by atoms with Gasteiger partial charge in [-0.15, -0.1) is 0 Å². The molecule has 0 amide bonds. The number of nitrogens with zero attached hydrogens (tertiary/aromatic N) is 4. The first-order chi connectivity index (χ1) is 8.54. The summed E-state index contributed by atoms with van der Waals surface area (Å²) >= 11 is 11.5. The van der Waals surface area contributed by atoms with Crippen LogP contribution in [0.25, 0.3) is 0 Å². The Morgan fingerprint density at radius 3 is 2.56 bits per heavy atom. The third-order valence-electron chi connectivity index (χ3n) is 2.54. The summed E-state index contributed by atoms with van der Waals surface area (Å²) in [6, 6.07) is 1.92. The van der Waals surface area contributed by atoms with Gasteiger partial charge in [-0.3, -0.25) is 4.98 Å². The van der Waals surface area contributed by atoms with E-state index in [0.29, 0.717) is 5.15 Å². The molecule has 94 valence electrons. The highest BCUT2D eigenvalue weighted by atomic mass is 35.5. The van der Waals surface area contributed by atoms with Crippen molar-refractivity contribution in [3.8, 4) is 0 Å². The van der Waals surface area contributed by atoms with Crippen LogP contribution in [0.3, 0.4) is 0 Å². The van der Waals surface area contributed by atoms with Gasteiger partial charge in [-0.1, -0.05) is 18.5 Å². The lowest BCUT2D eigenvalue weighted by atomic mass is 10.0. The van der Waals surface area contributed by atoms with Gasteiger partial charge in [0.05, 0.1) is 18.1 Å². The fourth-order valence-electron chi connectivity index (χ4n) is 1.69. The minimum absolute atomic E-state index is 0.195. The highest BCUT2D eigenvalue weighted by Gasteiger charge is 2.11. The molecule has 4 nitrogen and oxygen atoms in total. The monoisotopic (exact) mass is 282 g/mol. The normalized spacial score (nSPS) is 12.4. The highest BCUT2D eigenvalue weighted by Crippen LogP contribution is 2.18. The van der Waals surface area contributed by atoms with Gasteiger partial charge in [-0.25, -0.2) is 15.0 Å². The maximum Gasteiger partial charge on any atom is 0.222 e. The Kier molecular flexibility index (Phi) is 4.09. The van der Waals surface area contributed by atoms with Crippen molar-refractivity contribution >= 4 is 23.2 Å². The van der Waals surface area contributed by atoms with Crippen molar-refractivity contribution in [2.75, 3.05) is 0 Å². The first-order valence-electron chi connectivity index (χ1n) is 5.52. The van der Waals surface area contributed by atoms with Crippen LogP contribution in [-0.4, -0.2) is 19.9 Å². The van der Waals surface area contributed by atoms with E-state index in [1.165, 1.54) is 0 Å². The van der Waals surface area contributed by atoms with Crippen LogP contribution in [-0.2, 0) is 6.42 Å². The molecule has 0 aromatic carbocycles. The van der Waals surface area contributed by atoms with Crippen LogP contribution < -0.4 is 0 Å². The average molecular weight is 283 g/mol. The Labute approximate surface area is 115 Å². The van der Waals surface area contributed by atoms with E-state index in [1.54, 1.807) is 12.4 Å². The average Bonchev–Trinajstić information content (AvgIpc) is 2.28. The number of hydrogen-bond acceptors (Lipinski definition) is 4. The zero-order valence-electron chi connectivity index (χ0n) is 10.1. The summed E-state index contributed by atoms with van der Waals surface area (Å²) in [4.78, 5) is 16.5. The quantitative estimate of drug-likeness (QED) is 0.811. The van der Waals surface area contributed by atoms with Crippen molar-refractivity contribution in [2.45, 2.75) is 26.2 Å². The van der Waals surface area contributed by atoms with Gasteiger partial charge in [0.25, 0.3) is 0 Å². The lowest BCUT2D eigenvalue weighted by Crippen LogP contribution is -2.04. The molecular formula is C12H12Cl2N4.